The first-order valence-corrected chi connectivity index (χ1v) is 6.80. The van der Waals surface area contributed by atoms with E-state index >= 15 is 0 Å². The third-order valence-electron chi connectivity index (χ3n) is 3.26. The molecule has 0 atom stereocenters. The fourth-order valence-corrected chi connectivity index (χ4v) is 2.24. The summed E-state index contributed by atoms with van der Waals surface area (Å²) < 4.78 is 15.1. The Morgan fingerprint density at radius 1 is 1.33 bits per heavy atom. The number of allylic oxidation sites excluding steroid dienone is 1. The van der Waals surface area contributed by atoms with E-state index in [0.29, 0.717) is 27.7 Å². The van der Waals surface area contributed by atoms with Crippen LogP contribution in [0.2, 0.25) is 0 Å². The summed E-state index contributed by atoms with van der Waals surface area (Å²) in [4.78, 5) is 7.94. The molecule has 0 radical (unpaired) electrons. The Balaban J connectivity index is 0.00000208. The van der Waals surface area contributed by atoms with E-state index in [1.807, 2.05) is 0 Å². The quantitative estimate of drug-likeness (QED) is 0.775. The molecule has 0 spiro atoms. The Kier molecular flexibility index (Phi) is 5.52. The van der Waals surface area contributed by atoms with Gasteiger partial charge in [0.15, 0.2) is 0 Å². The molecule has 3 aromatic rings. The van der Waals surface area contributed by atoms with Crippen LogP contribution in [0.15, 0.2) is 42.8 Å². The Bertz CT molecular complexity index is 915. The van der Waals surface area contributed by atoms with Gasteiger partial charge in [0.1, 0.15) is 17.7 Å². The average molecular weight is 346 g/mol. The standard InChI is InChI=1S/C15H12FN7.ClH/c16-12(1-2-17)8-23-14-4-10(5-18)3-13(15(14)21-22-23)11-6-19-9-20-7-11;/h1,3-4,6-7,9H,2,8,17H2;1H/b12-1-;. The van der Waals surface area contributed by atoms with E-state index in [2.05, 4.69) is 26.3 Å². The molecule has 0 bridgehead atoms. The Morgan fingerprint density at radius 3 is 2.75 bits per heavy atom. The number of rotatable bonds is 4. The van der Waals surface area contributed by atoms with Crippen molar-refractivity contribution in [3.05, 3.63) is 48.3 Å². The van der Waals surface area contributed by atoms with E-state index < -0.39 is 5.83 Å². The van der Waals surface area contributed by atoms with Crippen LogP contribution >= 0.6 is 12.4 Å². The Morgan fingerprint density at radius 2 is 2.08 bits per heavy atom. The molecule has 0 amide bonds. The number of fused-ring (bicyclic) bond motifs is 1. The van der Waals surface area contributed by atoms with Crippen molar-refractivity contribution in [3.8, 4) is 17.2 Å². The smallest absolute Gasteiger partial charge is 0.121 e. The number of benzene rings is 1. The molecular formula is C15H13ClFN7. The van der Waals surface area contributed by atoms with Gasteiger partial charge in [0, 0.05) is 30.1 Å². The second-order valence-corrected chi connectivity index (χ2v) is 4.76. The lowest BCUT2D eigenvalue weighted by atomic mass is 10.0. The fourth-order valence-electron chi connectivity index (χ4n) is 2.24. The first-order chi connectivity index (χ1) is 11.2. The number of hydrogen-bond acceptors (Lipinski definition) is 6. The molecule has 0 fully saturated rings. The molecule has 0 saturated heterocycles. The van der Waals surface area contributed by atoms with E-state index in [4.69, 9.17) is 5.73 Å². The molecule has 24 heavy (non-hydrogen) atoms. The zero-order chi connectivity index (χ0) is 16.2. The van der Waals surface area contributed by atoms with Crippen LogP contribution in [0.1, 0.15) is 5.56 Å². The van der Waals surface area contributed by atoms with Gasteiger partial charge >= 0.3 is 0 Å². The van der Waals surface area contributed by atoms with Crippen LogP contribution < -0.4 is 5.73 Å². The molecule has 2 N–H and O–H groups in total. The molecule has 0 unspecified atom stereocenters. The van der Waals surface area contributed by atoms with Crippen LogP contribution in [0.25, 0.3) is 22.2 Å². The van der Waals surface area contributed by atoms with Gasteiger partial charge in [-0.25, -0.2) is 19.0 Å². The second kappa shape index (κ2) is 7.59. The third-order valence-corrected chi connectivity index (χ3v) is 3.26. The number of nitrogens with zero attached hydrogens (tertiary/aromatic N) is 6. The summed E-state index contributed by atoms with van der Waals surface area (Å²) in [5.74, 6) is -0.411. The van der Waals surface area contributed by atoms with Crippen molar-refractivity contribution in [3.63, 3.8) is 0 Å². The monoisotopic (exact) mass is 345 g/mol. The molecular weight excluding hydrogens is 333 g/mol. The number of aromatic nitrogens is 5. The van der Waals surface area contributed by atoms with Crippen LogP contribution in [0.5, 0.6) is 0 Å². The van der Waals surface area contributed by atoms with E-state index in [1.54, 1.807) is 24.5 Å². The minimum Gasteiger partial charge on any atom is -0.327 e. The molecule has 0 saturated carbocycles. The van der Waals surface area contributed by atoms with E-state index in [9.17, 15) is 9.65 Å². The maximum absolute atomic E-state index is 13.7. The summed E-state index contributed by atoms with van der Waals surface area (Å²) in [6.45, 7) is 0.0157. The molecule has 0 aliphatic heterocycles. The second-order valence-electron chi connectivity index (χ2n) is 4.76. The molecule has 1 aromatic carbocycles. The average Bonchev–Trinajstić information content (AvgIpc) is 2.98. The number of nitriles is 1. The molecule has 2 aromatic heterocycles. The molecule has 122 valence electrons. The first-order valence-electron chi connectivity index (χ1n) is 6.80. The van der Waals surface area contributed by atoms with Crippen LogP contribution in [0.3, 0.4) is 0 Å². The van der Waals surface area contributed by atoms with Crippen molar-refractivity contribution in [1.29, 1.82) is 5.26 Å². The van der Waals surface area contributed by atoms with Gasteiger partial charge in [-0.15, -0.1) is 17.5 Å². The van der Waals surface area contributed by atoms with Gasteiger partial charge in [-0.05, 0) is 18.2 Å². The van der Waals surface area contributed by atoms with Crippen LogP contribution in [-0.4, -0.2) is 31.5 Å². The zero-order valence-electron chi connectivity index (χ0n) is 12.4. The summed E-state index contributed by atoms with van der Waals surface area (Å²) in [7, 11) is 0. The molecule has 9 heteroatoms. The van der Waals surface area contributed by atoms with Crippen molar-refractivity contribution in [2.75, 3.05) is 6.54 Å². The third kappa shape index (κ3) is 3.37. The SMILES string of the molecule is Cl.N#Cc1cc(-c2cncnc2)c2nnn(C/C(F)=C/CN)c2c1. The van der Waals surface area contributed by atoms with Crippen molar-refractivity contribution in [2.45, 2.75) is 6.54 Å². The van der Waals surface area contributed by atoms with Gasteiger partial charge in [-0.1, -0.05) is 5.21 Å². The fraction of sp³-hybridized carbons (Fsp3) is 0.133. The Hall–Kier alpha value is -2.89. The summed E-state index contributed by atoms with van der Waals surface area (Å²) in [5.41, 5.74) is 8.21. The largest absolute Gasteiger partial charge is 0.327 e. The Labute approximate surface area is 143 Å². The molecule has 0 aliphatic carbocycles. The lowest BCUT2D eigenvalue weighted by Crippen LogP contribution is -2.03. The number of hydrogen-bond donors (Lipinski definition) is 1. The van der Waals surface area contributed by atoms with Crippen molar-refractivity contribution in [1.82, 2.24) is 25.0 Å². The summed E-state index contributed by atoms with van der Waals surface area (Å²) >= 11 is 0. The molecule has 7 nitrogen and oxygen atoms in total. The predicted molar refractivity (Wildman–Crippen MR) is 88.8 cm³/mol. The zero-order valence-corrected chi connectivity index (χ0v) is 13.2. The van der Waals surface area contributed by atoms with Gasteiger partial charge in [0.05, 0.1) is 23.7 Å². The highest BCUT2D eigenvalue weighted by molar-refractivity contribution is 5.92. The van der Waals surface area contributed by atoms with Gasteiger partial charge in [0.2, 0.25) is 0 Å². The minimum atomic E-state index is -0.411. The lowest BCUT2D eigenvalue weighted by Gasteiger charge is -2.04. The summed E-state index contributed by atoms with van der Waals surface area (Å²) in [5, 5.41) is 17.3. The highest BCUT2D eigenvalue weighted by Gasteiger charge is 2.14. The van der Waals surface area contributed by atoms with Gasteiger partial charge in [0.25, 0.3) is 0 Å². The van der Waals surface area contributed by atoms with Gasteiger partial charge in [-0.3, -0.25) is 0 Å². The molecule has 3 rings (SSSR count). The number of nitrogens with two attached hydrogens (primary N) is 1. The van der Waals surface area contributed by atoms with Gasteiger partial charge in [-0.2, -0.15) is 5.26 Å². The van der Waals surface area contributed by atoms with Crippen molar-refractivity contribution in [2.24, 2.45) is 5.73 Å². The first kappa shape index (κ1) is 17.5. The minimum absolute atomic E-state index is 0. The summed E-state index contributed by atoms with van der Waals surface area (Å²) in [6.07, 6.45) is 5.93. The van der Waals surface area contributed by atoms with Crippen LogP contribution in [0.4, 0.5) is 4.39 Å². The van der Waals surface area contributed by atoms with E-state index in [-0.39, 0.29) is 25.5 Å². The molecule has 0 aliphatic rings. The van der Waals surface area contributed by atoms with E-state index in [1.165, 1.54) is 17.1 Å². The number of halogens is 2. The van der Waals surface area contributed by atoms with Crippen LogP contribution in [0, 0.1) is 11.3 Å². The highest BCUT2D eigenvalue weighted by Crippen LogP contribution is 2.28. The lowest BCUT2D eigenvalue weighted by molar-refractivity contribution is 0.524. The van der Waals surface area contributed by atoms with Gasteiger partial charge < -0.3 is 5.73 Å². The normalized spacial score (nSPS) is 11.1. The summed E-state index contributed by atoms with van der Waals surface area (Å²) in [6, 6.07) is 5.40. The van der Waals surface area contributed by atoms with E-state index in [0.717, 1.165) is 0 Å². The van der Waals surface area contributed by atoms with Crippen LogP contribution in [-0.2, 0) is 6.54 Å². The van der Waals surface area contributed by atoms with Crippen molar-refractivity contribution < 1.29 is 4.39 Å². The maximum atomic E-state index is 13.7. The highest BCUT2D eigenvalue weighted by atomic mass is 35.5. The topological polar surface area (TPSA) is 106 Å². The maximum Gasteiger partial charge on any atom is 0.121 e. The molecule has 2 heterocycles. The van der Waals surface area contributed by atoms with Crippen molar-refractivity contribution >= 4 is 23.4 Å². The predicted octanol–water partition coefficient (Wildman–Crippen LogP) is 1.99.